The van der Waals surface area contributed by atoms with Crippen molar-refractivity contribution < 1.29 is 17.9 Å². The zero-order valence-electron chi connectivity index (χ0n) is 14.0. The third kappa shape index (κ3) is 3.18. The van der Waals surface area contributed by atoms with E-state index >= 15 is 0 Å². The SMILES string of the molecule is O=C(C1CCCO1)N1CCN(S(=O)(=O)c2ccc3[nH]c(=O)sc3c2)CC1. The zero-order chi connectivity index (χ0) is 18.3. The first kappa shape index (κ1) is 17.7. The molecule has 10 heteroatoms. The van der Waals surface area contributed by atoms with Gasteiger partial charge in [0.15, 0.2) is 0 Å². The second kappa shape index (κ2) is 6.76. The first-order valence-corrected chi connectivity index (χ1v) is 10.7. The van der Waals surface area contributed by atoms with Gasteiger partial charge in [-0.15, -0.1) is 0 Å². The number of ether oxygens (including phenoxy) is 1. The van der Waals surface area contributed by atoms with E-state index < -0.39 is 10.0 Å². The average molecular weight is 397 g/mol. The van der Waals surface area contributed by atoms with Crippen LogP contribution < -0.4 is 4.87 Å². The van der Waals surface area contributed by atoms with Gasteiger partial charge in [-0.3, -0.25) is 9.59 Å². The maximum atomic E-state index is 12.9. The lowest BCUT2D eigenvalue weighted by Crippen LogP contribution is -2.52. The van der Waals surface area contributed by atoms with E-state index in [1.165, 1.54) is 16.4 Å². The lowest BCUT2D eigenvalue weighted by atomic mass is 10.2. The van der Waals surface area contributed by atoms with Crippen molar-refractivity contribution in [1.82, 2.24) is 14.2 Å². The number of sulfonamides is 1. The highest BCUT2D eigenvalue weighted by molar-refractivity contribution is 7.89. The van der Waals surface area contributed by atoms with Crippen LogP contribution in [-0.4, -0.2) is 67.4 Å². The number of carbonyl (C=O) groups excluding carboxylic acids is 1. The number of rotatable bonds is 3. The number of aromatic nitrogens is 1. The number of H-pyrrole nitrogens is 1. The number of piperazine rings is 1. The molecule has 3 heterocycles. The van der Waals surface area contributed by atoms with Crippen LogP contribution >= 0.6 is 11.3 Å². The van der Waals surface area contributed by atoms with Crippen LogP contribution in [0.15, 0.2) is 27.9 Å². The molecule has 2 fully saturated rings. The van der Waals surface area contributed by atoms with Crippen molar-refractivity contribution in [2.45, 2.75) is 23.8 Å². The van der Waals surface area contributed by atoms with Gasteiger partial charge in [-0.05, 0) is 31.0 Å². The van der Waals surface area contributed by atoms with E-state index in [0.717, 1.165) is 24.2 Å². The summed E-state index contributed by atoms with van der Waals surface area (Å²) < 4.78 is 33.2. The molecule has 4 rings (SSSR count). The number of amides is 1. The number of nitrogens with one attached hydrogen (secondary N) is 1. The molecular formula is C16H19N3O5S2. The minimum absolute atomic E-state index is 0.0435. The Labute approximate surface area is 154 Å². The Morgan fingerprint density at radius 1 is 1.23 bits per heavy atom. The van der Waals surface area contributed by atoms with Crippen molar-refractivity contribution in [3.05, 3.63) is 27.9 Å². The van der Waals surface area contributed by atoms with Crippen molar-refractivity contribution in [3.8, 4) is 0 Å². The fraction of sp³-hybridized carbons (Fsp3) is 0.500. The number of carbonyl (C=O) groups is 1. The van der Waals surface area contributed by atoms with Crippen LogP contribution in [0.4, 0.5) is 0 Å². The molecule has 0 aliphatic carbocycles. The van der Waals surface area contributed by atoms with Gasteiger partial charge in [0.1, 0.15) is 6.10 Å². The predicted molar refractivity (Wildman–Crippen MR) is 96.8 cm³/mol. The van der Waals surface area contributed by atoms with Gasteiger partial charge in [0, 0.05) is 32.8 Å². The third-order valence-electron chi connectivity index (χ3n) is 4.79. The molecule has 1 N–H and O–H groups in total. The van der Waals surface area contributed by atoms with Crippen LogP contribution in [0.2, 0.25) is 0 Å². The van der Waals surface area contributed by atoms with Crippen LogP contribution in [0.1, 0.15) is 12.8 Å². The number of thiazole rings is 1. The first-order valence-electron chi connectivity index (χ1n) is 8.48. The molecule has 2 aromatic rings. The zero-order valence-corrected chi connectivity index (χ0v) is 15.6. The summed E-state index contributed by atoms with van der Waals surface area (Å²) in [5.41, 5.74) is 0.630. The molecule has 2 saturated heterocycles. The van der Waals surface area contributed by atoms with Gasteiger partial charge in [0.05, 0.1) is 15.1 Å². The smallest absolute Gasteiger partial charge is 0.305 e. The molecule has 2 aliphatic heterocycles. The third-order valence-corrected chi connectivity index (χ3v) is 7.53. The molecule has 0 bridgehead atoms. The summed E-state index contributed by atoms with van der Waals surface area (Å²) in [5, 5.41) is 0. The molecule has 1 unspecified atom stereocenters. The summed E-state index contributed by atoms with van der Waals surface area (Å²) in [5.74, 6) is -0.0435. The number of nitrogens with zero attached hydrogens (tertiary/aromatic N) is 2. The largest absolute Gasteiger partial charge is 0.368 e. The summed E-state index contributed by atoms with van der Waals surface area (Å²) in [6, 6.07) is 4.64. The molecule has 8 nitrogen and oxygen atoms in total. The molecule has 140 valence electrons. The molecule has 1 amide bonds. The summed E-state index contributed by atoms with van der Waals surface area (Å²) in [7, 11) is -3.66. The van der Waals surface area contributed by atoms with E-state index in [-0.39, 0.29) is 34.9 Å². The van der Waals surface area contributed by atoms with Gasteiger partial charge >= 0.3 is 4.87 Å². The molecule has 0 spiro atoms. The Morgan fingerprint density at radius 3 is 2.69 bits per heavy atom. The summed E-state index contributed by atoms with van der Waals surface area (Å²) in [6.45, 7) is 1.83. The van der Waals surface area contributed by atoms with Gasteiger partial charge in [0.25, 0.3) is 5.91 Å². The molecule has 1 aromatic carbocycles. The predicted octanol–water partition coefficient (Wildman–Crippen LogP) is 0.601. The fourth-order valence-corrected chi connectivity index (χ4v) is 5.66. The van der Waals surface area contributed by atoms with Gasteiger partial charge < -0.3 is 14.6 Å². The summed E-state index contributed by atoms with van der Waals surface area (Å²) in [4.78, 5) is 28.1. The van der Waals surface area contributed by atoms with E-state index in [4.69, 9.17) is 4.74 Å². The molecule has 2 aliphatic rings. The maximum Gasteiger partial charge on any atom is 0.305 e. The van der Waals surface area contributed by atoms with Crippen LogP contribution in [0.25, 0.3) is 10.2 Å². The van der Waals surface area contributed by atoms with Crippen LogP contribution in [0.3, 0.4) is 0 Å². The van der Waals surface area contributed by atoms with Gasteiger partial charge in [-0.2, -0.15) is 4.31 Å². The number of hydrogen-bond donors (Lipinski definition) is 1. The fourth-order valence-electron chi connectivity index (χ4n) is 3.36. The second-order valence-electron chi connectivity index (χ2n) is 6.40. The number of aromatic amines is 1. The van der Waals surface area contributed by atoms with Crippen molar-refractivity contribution in [1.29, 1.82) is 0 Å². The van der Waals surface area contributed by atoms with Crippen LogP contribution in [0, 0.1) is 0 Å². The van der Waals surface area contributed by atoms with Crippen LogP contribution in [0.5, 0.6) is 0 Å². The molecule has 0 saturated carbocycles. The Balaban J connectivity index is 1.48. The molecule has 1 atom stereocenters. The number of benzene rings is 1. The highest BCUT2D eigenvalue weighted by Crippen LogP contribution is 2.24. The van der Waals surface area contributed by atoms with Crippen molar-refractivity contribution in [3.63, 3.8) is 0 Å². The normalized spacial score (nSPS) is 22.2. The maximum absolute atomic E-state index is 12.9. The minimum atomic E-state index is -3.66. The lowest BCUT2D eigenvalue weighted by molar-refractivity contribution is -0.142. The lowest BCUT2D eigenvalue weighted by Gasteiger charge is -2.35. The van der Waals surface area contributed by atoms with E-state index in [9.17, 15) is 18.0 Å². The van der Waals surface area contributed by atoms with Crippen molar-refractivity contribution in [2.75, 3.05) is 32.8 Å². The number of hydrogen-bond acceptors (Lipinski definition) is 6. The van der Waals surface area contributed by atoms with Crippen molar-refractivity contribution in [2.24, 2.45) is 0 Å². The minimum Gasteiger partial charge on any atom is -0.368 e. The average Bonchev–Trinajstić information content (AvgIpc) is 3.29. The molecular weight excluding hydrogens is 378 g/mol. The highest BCUT2D eigenvalue weighted by Gasteiger charge is 2.34. The van der Waals surface area contributed by atoms with Gasteiger partial charge in [0.2, 0.25) is 10.0 Å². The van der Waals surface area contributed by atoms with E-state index in [1.807, 2.05) is 0 Å². The second-order valence-corrected chi connectivity index (χ2v) is 9.36. The Hall–Kier alpha value is -1.75. The Bertz CT molecular complexity index is 983. The molecule has 26 heavy (non-hydrogen) atoms. The summed E-state index contributed by atoms with van der Waals surface area (Å²) >= 11 is 0.987. The topological polar surface area (TPSA) is 99.8 Å². The van der Waals surface area contributed by atoms with Crippen LogP contribution in [-0.2, 0) is 19.6 Å². The number of fused-ring (bicyclic) bond motifs is 1. The van der Waals surface area contributed by atoms with E-state index in [1.54, 1.807) is 11.0 Å². The molecule has 0 radical (unpaired) electrons. The Kier molecular flexibility index (Phi) is 4.59. The monoisotopic (exact) mass is 397 g/mol. The van der Waals surface area contributed by atoms with Gasteiger partial charge in [-0.25, -0.2) is 8.42 Å². The first-order chi connectivity index (χ1) is 12.4. The molecule has 1 aromatic heterocycles. The van der Waals surface area contributed by atoms with E-state index in [2.05, 4.69) is 4.98 Å². The summed E-state index contributed by atoms with van der Waals surface area (Å²) in [6.07, 6.45) is 1.24. The van der Waals surface area contributed by atoms with E-state index in [0.29, 0.717) is 29.9 Å². The van der Waals surface area contributed by atoms with Gasteiger partial charge in [-0.1, -0.05) is 11.3 Å². The highest BCUT2D eigenvalue weighted by atomic mass is 32.2. The quantitative estimate of drug-likeness (QED) is 0.818. The standard InChI is InChI=1S/C16H19N3O5S2/c20-15(13-2-1-9-24-13)18-5-7-19(8-6-18)26(22,23)11-3-4-12-14(10-11)25-16(21)17-12/h3-4,10,13H,1-2,5-9H2,(H,17,21). The Morgan fingerprint density at radius 2 is 2.00 bits per heavy atom. The van der Waals surface area contributed by atoms with Crippen molar-refractivity contribution >= 4 is 37.5 Å².